The van der Waals surface area contributed by atoms with Gasteiger partial charge in [0.2, 0.25) is 0 Å². The molecule has 0 aromatic heterocycles. The number of nitrogens with two attached hydrogens (primary N) is 1. The molecule has 2 rings (SSSR count). The highest BCUT2D eigenvalue weighted by Gasteiger charge is 2.13. The van der Waals surface area contributed by atoms with Crippen molar-refractivity contribution in [3.63, 3.8) is 0 Å². The molecule has 0 radical (unpaired) electrons. The third-order valence-corrected chi connectivity index (χ3v) is 4.49. The van der Waals surface area contributed by atoms with E-state index >= 15 is 0 Å². The van der Waals surface area contributed by atoms with Crippen LogP contribution in [0.3, 0.4) is 0 Å². The van der Waals surface area contributed by atoms with Gasteiger partial charge in [0.15, 0.2) is 0 Å². The molecule has 1 atom stereocenters. The number of benzene rings is 1. The van der Waals surface area contributed by atoms with Crippen molar-refractivity contribution in [3.05, 3.63) is 18.2 Å². The first kappa shape index (κ1) is 13.6. The largest absolute Gasteiger partial charge is 0.497 e. The van der Waals surface area contributed by atoms with E-state index in [9.17, 15) is 0 Å². The Kier molecular flexibility index (Phi) is 5.20. The van der Waals surface area contributed by atoms with E-state index in [1.807, 2.05) is 30.0 Å². The molecular formula is C14H22N2OS. The molecule has 0 amide bonds. The second kappa shape index (κ2) is 6.90. The zero-order valence-electron chi connectivity index (χ0n) is 10.9. The summed E-state index contributed by atoms with van der Waals surface area (Å²) in [6.45, 7) is 1.20. The third-order valence-electron chi connectivity index (χ3n) is 3.34. The van der Waals surface area contributed by atoms with Crippen LogP contribution in [-0.2, 0) is 0 Å². The lowest BCUT2D eigenvalue weighted by Crippen LogP contribution is -2.20. The Morgan fingerprint density at radius 3 is 3.11 bits per heavy atom. The Bertz CT molecular complexity index is 378. The second-order valence-electron chi connectivity index (χ2n) is 4.69. The molecule has 3 nitrogen and oxygen atoms in total. The standard InChI is InChI=1S/C14H22N2OS/c1-17-12-6-7-13(15)14(10-12)18-9-3-5-11-4-2-8-16-11/h6-7,10-11,16H,2-5,8-9,15H2,1H3. The zero-order chi connectivity index (χ0) is 12.8. The van der Waals surface area contributed by atoms with Crippen molar-refractivity contribution in [1.29, 1.82) is 0 Å². The van der Waals surface area contributed by atoms with Crippen LogP contribution in [0.2, 0.25) is 0 Å². The molecule has 1 heterocycles. The number of methoxy groups -OCH3 is 1. The van der Waals surface area contributed by atoms with E-state index in [2.05, 4.69) is 5.32 Å². The fraction of sp³-hybridized carbons (Fsp3) is 0.571. The Morgan fingerprint density at radius 2 is 2.39 bits per heavy atom. The highest BCUT2D eigenvalue weighted by molar-refractivity contribution is 7.99. The number of nitrogen functional groups attached to an aromatic ring is 1. The number of anilines is 1. The van der Waals surface area contributed by atoms with Gasteiger partial charge < -0.3 is 15.8 Å². The van der Waals surface area contributed by atoms with Gasteiger partial charge in [-0.2, -0.15) is 0 Å². The maximum Gasteiger partial charge on any atom is 0.120 e. The van der Waals surface area contributed by atoms with Gasteiger partial charge in [-0.3, -0.25) is 0 Å². The molecule has 0 bridgehead atoms. The third kappa shape index (κ3) is 3.82. The van der Waals surface area contributed by atoms with Gasteiger partial charge in [-0.15, -0.1) is 11.8 Å². The summed E-state index contributed by atoms with van der Waals surface area (Å²) in [5.41, 5.74) is 6.81. The van der Waals surface area contributed by atoms with Crippen LogP contribution >= 0.6 is 11.8 Å². The molecule has 0 saturated carbocycles. The Balaban J connectivity index is 1.75. The summed E-state index contributed by atoms with van der Waals surface area (Å²) < 4.78 is 5.22. The zero-order valence-corrected chi connectivity index (χ0v) is 11.8. The number of ether oxygens (including phenoxy) is 1. The van der Waals surface area contributed by atoms with Crippen molar-refractivity contribution < 1.29 is 4.74 Å². The molecule has 1 aromatic carbocycles. The van der Waals surface area contributed by atoms with Gasteiger partial charge in [0.25, 0.3) is 0 Å². The first-order valence-corrected chi connectivity index (χ1v) is 7.58. The number of hydrogen-bond acceptors (Lipinski definition) is 4. The molecule has 100 valence electrons. The van der Waals surface area contributed by atoms with E-state index in [0.717, 1.165) is 28.1 Å². The summed E-state index contributed by atoms with van der Waals surface area (Å²) >= 11 is 1.83. The predicted octanol–water partition coefficient (Wildman–Crippen LogP) is 2.90. The van der Waals surface area contributed by atoms with Crippen molar-refractivity contribution in [1.82, 2.24) is 5.32 Å². The molecule has 4 heteroatoms. The van der Waals surface area contributed by atoms with Crippen molar-refractivity contribution in [2.75, 3.05) is 25.1 Å². The van der Waals surface area contributed by atoms with Crippen LogP contribution in [0, 0.1) is 0 Å². The SMILES string of the molecule is COc1ccc(N)c(SCCCC2CCCN2)c1. The van der Waals surface area contributed by atoms with E-state index in [1.165, 1.54) is 32.2 Å². The van der Waals surface area contributed by atoms with Gasteiger partial charge >= 0.3 is 0 Å². The number of hydrogen-bond donors (Lipinski definition) is 2. The summed E-state index contributed by atoms with van der Waals surface area (Å²) in [4.78, 5) is 1.13. The van der Waals surface area contributed by atoms with Crippen LogP contribution in [0.25, 0.3) is 0 Å². The lowest BCUT2D eigenvalue weighted by Gasteiger charge is -2.10. The van der Waals surface area contributed by atoms with Gasteiger partial charge in [-0.1, -0.05) is 0 Å². The molecule has 0 spiro atoms. The van der Waals surface area contributed by atoms with Crippen LogP contribution < -0.4 is 15.8 Å². The van der Waals surface area contributed by atoms with Crippen molar-refractivity contribution >= 4 is 17.4 Å². The summed E-state index contributed by atoms with van der Waals surface area (Å²) in [6.07, 6.45) is 5.18. The second-order valence-corrected chi connectivity index (χ2v) is 5.82. The first-order valence-electron chi connectivity index (χ1n) is 6.59. The Hall–Kier alpha value is -0.870. The molecule has 3 N–H and O–H groups in total. The minimum atomic E-state index is 0.744. The summed E-state index contributed by atoms with van der Waals surface area (Å²) in [5.74, 6) is 2.00. The maximum atomic E-state index is 5.96. The average molecular weight is 266 g/mol. The van der Waals surface area contributed by atoms with Crippen molar-refractivity contribution in [3.8, 4) is 5.75 Å². The molecule has 18 heavy (non-hydrogen) atoms. The lowest BCUT2D eigenvalue weighted by molar-refractivity contribution is 0.414. The highest BCUT2D eigenvalue weighted by Crippen LogP contribution is 2.30. The van der Waals surface area contributed by atoms with Gasteiger partial charge in [0, 0.05) is 16.6 Å². The summed E-state index contributed by atoms with van der Waals surface area (Å²) in [7, 11) is 1.69. The Labute approximate surface area is 113 Å². The van der Waals surface area contributed by atoms with Crippen LogP contribution in [-0.4, -0.2) is 25.4 Å². The van der Waals surface area contributed by atoms with Gasteiger partial charge in [-0.25, -0.2) is 0 Å². The van der Waals surface area contributed by atoms with Gasteiger partial charge in [0.1, 0.15) is 5.75 Å². The number of rotatable bonds is 6. The monoisotopic (exact) mass is 266 g/mol. The van der Waals surface area contributed by atoms with Crippen molar-refractivity contribution in [2.45, 2.75) is 36.6 Å². The van der Waals surface area contributed by atoms with E-state index in [4.69, 9.17) is 10.5 Å². The molecule has 1 aromatic rings. The molecule has 1 aliphatic rings. The summed E-state index contributed by atoms with van der Waals surface area (Å²) in [6, 6.07) is 6.59. The molecular weight excluding hydrogens is 244 g/mol. The molecule has 1 aliphatic heterocycles. The molecule has 1 unspecified atom stereocenters. The molecule has 1 fully saturated rings. The van der Waals surface area contributed by atoms with Crippen LogP contribution in [0.5, 0.6) is 5.75 Å². The fourth-order valence-corrected chi connectivity index (χ4v) is 3.25. The topological polar surface area (TPSA) is 47.3 Å². The van der Waals surface area contributed by atoms with Crippen LogP contribution in [0.1, 0.15) is 25.7 Å². The van der Waals surface area contributed by atoms with Crippen LogP contribution in [0.4, 0.5) is 5.69 Å². The van der Waals surface area contributed by atoms with E-state index in [-0.39, 0.29) is 0 Å². The van der Waals surface area contributed by atoms with E-state index in [1.54, 1.807) is 7.11 Å². The normalized spacial score (nSPS) is 19.1. The maximum absolute atomic E-state index is 5.96. The molecule has 1 saturated heterocycles. The first-order chi connectivity index (χ1) is 8.79. The van der Waals surface area contributed by atoms with Gasteiger partial charge in [0.05, 0.1) is 7.11 Å². The number of nitrogens with one attached hydrogen (secondary N) is 1. The van der Waals surface area contributed by atoms with Crippen molar-refractivity contribution in [2.24, 2.45) is 0 Å². The minimum absolute atomic E-state index is 0.744. The lowest BCUT2D eigenvalue weighted by atomic mass is 10.1. The fourth-order valence-electron chi connectivity index (χ4n) is 2.28. The smallest absolute Gasteiger partial charge is 0.120 e. The quantitative estimate of drug-likeness (QED) is 0.472. The number of thioether (sulfide) groups is 1. The summed E-state index contributed by atoms with van der Waals surface area (Å²) in [5, 5.41) is 3.53. The molecule has 0 aliphatic carbocycles. The minimum Gasteiger partial charge on any atom is -0.497 e. The van der Waals surface area contributed by atoms with E-state index < -0.39 is 0 Å². The van der Waals surface area contributed by atoms with E-state index in [0.29, 0.717) is 0 Å². The van der Waals surface area contributed by atoms with Gasteiger partial charge in [-0.05, 0) is 56.2 Å². The average Bonchev–Trinajstić information content (AvgIpc) is 2.89. The highest BCUT2D eigenvalue weighted by atomic mass is 32.2. The Morgan fingerprint density at radius 1 is 1.50 bits per heavy atom. The van der Waals surface area contributed by atoms with Crippen LogP contribution in [0.15, 0.2) is 23.1 Å². The predicted molar refractivity (Wildman–Crippen MR) is 78.4 cm³/mol.